The summed E-state index contributed by atoms with van der Waals surface area (Å²) in [6, 6.07) is 2.02. The first-order chi connectivity index (χ1) is 6.83. The molecule has 1 unspecified atom stereocenters. The van der Waals surface area contributed by atoms with Crippen molar-refractivity contribution in [2.45, 2.75) is 51.2 Å². The predicted octanol–water partition coefficient (Wildman–Crippen LogP) is 3.00. The molecule has 0 rings (SSSR count). The van der Waals surface area contributed by atoms with Gasteiger partial charge < -0.3 is 0 Å². The summed E-state index contributed by atoms with van der Waals surface area (Å²) in [5.41, 5.74) is -0.832. The lowest BCUT2D eigenvalue weighted by Gasteiger charge is -2.23. The highest BCUT2D eigenvalue weighted by molar-refractivity contribution is 5.03. The van der Waals surface area contributed by atoms with E-state index in [0.29, 0.717) is 6.54 Å². The maximum Gasteiger partial charge on any atom is 0.389 e. The molecule has 1 N–H and O–H groups in total. The highest BCUT2D eigenvalue weighted by Gasteiger charge is 2.29. The van der Waals surface area contributed by atoms with Gasteiger partial charge >= 0.3 is 6.18 Å². The Morgan fingerprint density at radius 2 is 1.87 bits per heavy atom. The summed E-state index contributed by atoms with van der Waals surface area (Å²) in [5.74, 6) is 0. The molecule has 5 heteroatoms. The van der Waals surface area contributed by atoms with Crippen LogP contribution in [0.4, 0.5) is 13.2 Å². The fraction of sp³-hybridized carbons (Fsp3) is 0.900. The van der Waals surface area contributed by atoms with E-state index in [1.807, 2.05) is 13.0 Å². The third-order valence-corrected chi connectivity index (χ3v) is 2.15. The van der Waals surface area contributed by atoms with E-state index in [1.54, 1.807) is 6.92 Å². The van der Waals surface area contributed by atoms with Gasteiger partial charge in [0.15, 0.2) is 0 Å². The Morgan fingerprint density at radius 1 is 1.27 bits per heavy atom. The van der Waals surface area contributed by atoms with E-state index in [0.717, 1.165) is 6.42 Å². The molecule has 0 bridgehead atoms. The van der Waals surface area contributed by atoms with Gasteiger partial charge in [-0.1, -0.05) is 6.92 Å². The smallest absolute Gasteiger partial charge is 0.300 e. The van der Waals surface area contributed by atoms with Crippen molar-refractivity contribution in [1.29, 1.82) is 5.26 Å². The lowest BCUT2D eigenvalue weighted by molar-refractivity contribution is -0.136. The summed E-state index contributed by atoms with van der Waals surface area (Å²) in [4.78, 5) is 0. The topological polar surface area (TPSA) is 35.8 Å². The number of halogens is 3. The Kier molecular flexibility index (Phi) is 5.66. The van der Waals surface area contributed by atoms with Crippen molar-refractivity contribution in [2.24, 2.45) is 0 Å². The van der Waals surface area contributed by atoms with Crippen LogP contribution in [0, 0.1) is 11.3 Å². The molecular formula is C10H17F3N2. The van der Waals surface area contributed by atoms with Gasteiger partial charge in [-0.05, 0) is 32.7 Å². The van der Waals surface area contributed by atoms with Crippen molar-refractivity contribution in [3.63, 3.8) is 0 Å². The molecule has 0 spiro atoms. The molecule has 0 aliphatic rings. The normalized spacial score (nSPS) is 15.7. The fourth-order valence-corrected chi connectivity index (χ4v) is 1.23. The number of hydrogen-bond donors (Lipinski definition) is 1. The molecule has 2 nitrogen and oxygen atoms in total. The molecule has 88 valence electrons. The molecule has 0 saturated heterocycles. The van der Waals surface area contributed by atoms with Gasteiger partial charge in [0.1, 0.15) is 5.54 Å². The minimum absolute atomic E-state index is 0.00965. The summed E-state index contributed by atoms with van der Waals surface area (Å²) in [5, 5.41) is 11.8. The summed E-state index contributed by atoms with van der Waals surface area (Å²) in [6.45, 7) is 4.23. The Balaban J connectivity index is 3.95. The molecule has 0 aliphatic heterocycles. The zero-order valence-corrected chi connectivity index (χ0v) is 9.12. The van der Waals surface area contributed by atoms with Crippen molar-refractivity contribution in [1.82, 2.24) is 5.32 Å². The lowest BCUT2D eigenvalue weighted by atomic mass is 9.96. The highest BCUT2D eigenvalue weighted by Crippen LogP contribution is 2.24. The van der Waals surface area contributed by atoms with E-state index in [-0.39, 0.29) is 12.8 Å². The second kappa shape index (κ2) is 5.96. The summed E-state index contributed by atoms with van der Waals surface area (Å²) in [6.07, 6.45) is -3.87. The minimum Gasteiger partial charge on any atom is -0.300 e. The van der Waals surface area contributed by atoms with Crippen molar-refractivity contribution < 1.29 is 13.2 Å². The molecule has 15 heavy (non-hydrogen) atoms. The number of nitriles is 1. The first kappa shape index (κ1) is 14.2. The van der Waals surface area contributed by atoms with Gasteiger partial charge in [0, 0.05) is 6.42 Å². The molecule has 0 radical (unpaired) electrons. The molecule has 1 atom stereocenters. The van der Waals surface area contributed by atoms with Crippen LogP contribution >= 0.6 is 0 Å². The Hall–Kier alpha value is -0.760. The van der Waals surface area contributed by atoms with Crippen LogP contribution in [0.15, 0.2) is 0 Å². The van der Waals surface area contributed by atoms with Gasteiger partial charge in [-0.2, -0.15) is 18.4 Å². The van der Waals surface area contributed by atoms with E-state index in [4.69, 9.17) is 5.26 Å². The summed E-state index contributed by atoms with van der Waals surface area (Å²) < 4.78 is 35.7. The fourth-order valence-electron chi connectivity index (χ4n) is 1.23. The molecular weight excluding hydrogens is 205 g/mol. The molecule has 0 heterocycles. The van der Waals surface area contributed by atoms with E-state index in [2.05, 4.69) is 5.32 Å². The average molecular weight is 222 g/mol. The van der Waals surface area contributed by atoms with Gasteiger partial charge in [0.25, 0.3) is 0 Å². The predicted molar refractivity (Wildman–Crippen MR) is 52.2 cm³/mol. The molecule has 0 aromatic rings. The van der Waals surface area contributed by atoms with E-state index in [1.165, 1.54) is 0 Å². The second-order valence-corrected chi connectivity index (χ2v) is 3.84. The second-order valence-electron chi connectivity index (χ2n) is 3.84. The maximum atomic E-state index is 11.9. The minimum atomic E-state index is -4.12. The van der Waals surface area contributed by atoms with Gasteiger partial charge in [0.2, 0.25) is 0 Å². The first-order valence-electron chi connectivity index (χ1n) is 5.06. The van der Waals surface area contributed by atoms with Gasteiger partial charge in [-0.25, -0.2) is 0 Å². The lowest BCUT2D eigenvalue weighted by Crippen LogP contribution is -2.41. The van der Waals surface area contributed by atoms with E-state index < -0.39 is 18.1 Å². The van der Waals surface area contributed by atoms with Crippen LogP contribution < -0.4 is 5.32 Å². The Morgan fingerprint density at radius 3 is 2.27 bits per heavy atom. The molecule has 0 aromatic carbocycles. The number of rotatable bonds is 6. The third-order valence-electron chi connectivity index (χ3n) is 2.15. The largest absolute Gasteiger partial charge is 0.389 e. The van der Waals surface area contributed by atoms with Crippen LogP contribution in [0.3, 0.4) is 0 Å². The SMILES string of the molecule is CCCNC(C)(C#N)CCCC(F)(F)F. The molecule has 0 saturated carbocycles. The number of nitrogens with zero attached hydrogens (tertiary/aromatic N) is 1. The van der Waals surface area contributed by atoms with Crippen LogP contribution in [0.5, 0.6) is 0 Å². The standard InChI is InChI=1S/C10H17F3N2/c1-3-7-15-9(2,8-14)5-4-6-10(11,12)13/h15H,3-7H2,1-2H3. The van der Waals surface area contributed by atoms with Crippen molar-refractivity contribution in [3.05, 3.63) is 0 Å². The van der Waals surface area contributed by atoms with Crippen molar-refractivity contribution in [2.75, 3.05) is 6.54 Å². The summed E-state index contributed by atoms with van der Waals surface area (Å²) >= 11 is 0. The third kappa shape index (κ3) is 7.20. The van der Waals surface area contributed by atoms with Crippen molar-refractivity contribution in [3.8, 4) is 6.07 Å². The van der Waals surface area contributed by atoms with Crippen LogP contribution in [0.2, 0.25) is 0 Å². The molecule has 0 aromatic heterocycles. The highest BCUT2D eigenvalue weighted by atomic mass is 19.4. The molecule has 0 aliphatic carbocycles. The van der Waals surface area contributed by atoms with Crippen molar-refractivity contribution >= 4 is 0 Å². The number of hydrogen-bond acceptors (Lipinski definition) is 2. The molecule has 0 amide bonds. The summed E-state index contributed by atoms with van der Waals surface area (Å²) in [7, 11) is 0. The van der Waals surface area contributed by atoms with Gasteiger partial charge in [0.05, 0.1) is 6.07 Å². The van der Waals surface area contributed by atoms with E-state index in [9.17, 15) is 13.2 Å². The van der Waals surface area contributed by atoms with Gasteiger partial charge in [-0.15, -0.1) is 0 Å². The number of alkyl halides is 3. The molecule has 0 fully saturated rings. The quantitative estimate of drug-likeness (QED) is 0.749. The van der Waals surface area contributed by atoms with Gasteiger partial charge in [-0.3, -0.25) is 5.32 Å². The maximum absolute atomic E-state index is 11.9. The van der Waals surface area contributed by atoms with Crippen LogP contribution in [-0.2, 0) is 0 Å². The van der Waals surface area contributed by atoms with Crippen LogP contribution in [0.1, 0.15) is 39.5 Å². The first-order valence-corrected chi connectivity index (χ1v) is 5.06. The zero-order chi connectivity index (χ0) is 11.9. The van der Waals surface area contributed by atoms with Crippen LogP contribution in [0.25, 0.3) is 0 Å². The van der Waals surface area contributed by atoms with E-state index >= 15 is 0 Å². The Bertz CT molecular complexity index is 220. The number of nitrogens with one attached hydrogen (secondary N) is 1. The zero-order valence-electron chi connectivity index (χ0n) is 9.12. The van der Waals surface area contributed by atoms with Crippen LogP contribution in [-0.4, -0.2) is 18.3 Å². The Labute approximate surface area is 88.5 Å². The monoisotopic (exact) mass is 222 g/mol. The average Bonchev–Trinajstić information content (AvgIpc) is 2.13.